The minimum Gasteiger partial charge on any atom is -0.464 e. The maximum absolute atomic E-state index is 13.0. The summed E-state index contributed by atoms with van der Waals surface area (Å²) in [5, 5.41) is 0. The molecule has 0 aromatic carbocycles. The predicted molar refractivity (Wildman–Crippen MR) is 230 cm³/mol. The van der Waals surface area contributed by atoms with E-state index in [9.17, 15) is 9.59 Å². The van der Waals surface area contributed by atoms with Gasteiger partial charge in [-0.3, -0.25) is 9.59 Å². The minimum absolute atomic E-state index is 0.267. The topological polar surface area (TPSA) is 61.8 Å². The van der Waals surface area contributed by atoms with E-state index in [2.05, 4.69) is 26.5 Å². The van der Waals surface area contributed by atoms with Gasteiger partial charge in [0, 0.05) is 26.0 Å². The predicted octanol–water partition coefficient (Wildman–Crippen LogP) is 15.5. The lowest BCUT2D eigenvalue weighted by atomic mass is 10.0. The van der Waals surface area contributed by atoms with Crippen molar-refractivity contribution in [2.75, 3.05) is 12.9 Å². The number of carbonyl (C=O) groups is 2. The molecule has 5 nitrogen and oxygen atoms in total. The summed E-state index contributed by atoms with van der Waals surface area (Å²) >= 11 is 4.31. The molecule has 310 valence electrons. The monoisotopic (exact) mass is 771 g/mol. The fourth-order valence-electron chi connectivity index (χ4n) is 7.20. The van der Waals surface area contributed by atoms with Crippen LogP contribution in [0.25, 0.3) is 0 Å². The van der Waals surface area contributed by atoms with Crippen LogP contribution < -0.4 is 0 Å². The van der Waals surface area contributed by atoms with Crippen LogP contribution in [0.5, 0.6) is 0 Å². The Bertz CT molecular complexity index is 703. The summed E-state index contributed by atoms with van der Waals surface area (Å²) in [5.41, 5.74) is 0. The van der Waals surface area contributed by atoms with Gasteiger partial charge in [0.25, 0.3) is 11.9 Å². The van der Waals surface area contributed by atoms with Crippen molar-refractivity contribution in [2.45, 2.75) is 264 Å². The molecule has 0 aliphatic carbocycles. The van der Waals surface area contributed by atoms with Crippen LogP contribution in [0, 0.1) is 0 Å². The molecule has 0 bridgehead atoms. The second-order valence-corrected chi connectivity index (χ2v) is 19.0. The Morgan fingerprint density at radius 3 is 0.904 bits per heavy atom. The number of unbranched alkanes of at least 4 members (excludes halogenated alkanes) is 33. The molecular formula is C45H90O5SSi. The van der Waals surface area contributed by atoms with Crippen molar-refractivity contribution in [1.29, 1.82) is 0 Å². The Hall–Kier alpha value is -0.533. The second kappa shape index (κ2) is 41.6. The summed E-state index contributed by atoms with van der Waals surface area (Å²) < 4.78 is 17.8. The Kier molecular flexibility index (Phi) is 41.2. The zero-order valence-electron chi connectivity index (χ0n) is 35.3. The third-order valence-electron chi connectivity index (χ3n) is 10.7. The van der Waals surface area contributed by atoms with Gasteiger partial charge in [0.1, 0.15) is 0 Å². The molecule has 0 amide bonds. The molecule has 52 heavy (non-hydrogen) atoms. The Morgan fingerprint density at radius 1 is 0.385 bits per heavy atom. The number of thiol groups is 1. The Balaban J connectivity index is 4.29. The number of carbonyl (C=O) groups excluding carboxylic acids is 2. The van der Waals surface area contributed by atoms with Gasteiger partial charge in [-0.15, -0.1) is 0 Å². The van der Waals surface area contributed by atoms with Crippen LogP contribution in [0.3, 0.4) is 0 Å². The van der Waals surface area contributed by atoms with Gasteiger partial charge in [-0.25, -0.2) is 0 Å². The molecule has 0 saturated carbocycles. The van der Waals surface area contributed by atoms with Crippen molar-refractivity contribution in [2.24, 2.45) is 0 Å². The van der Waals surface area contributed by atoms with Crippen LogP contribution in [-0.4, -0.2) is 33.6 Å². The van der Waals surface area contributed by atoms with Crippen LogP contribution in [0.4, 0.5) is 0 Å². The molecule has 0 spiro atoms. The first-order valence-corrected chi connectivity index (χ1v) is 25.7. The van der Waals surface area contributed by atoms with Gasteiger partial charge < -0.3 is 13.3 Å². The van der Waals surface area contributed by atoms with Crippen molar-refractivity contribution >= 4 is 33.4 Å². The SMILES string of the molecule is CCCCCCCCCCCCCCCCCC(=O)O[Si](CCCCCCCCS)(OC)OC(=O)CCCCCCCCCCCCCCCCC. The highest BCUT2D eigenvalue weighted by atomic mass is 32.1. The van der Waals surface area contributed by atoms with Gasteiger partial charge in [0.15, 0.2) is 0 Å². The Labute approximate surface area is 331 Å². The molecule has 0 heterocycles. The van der Waals surface area contributed by atoms with E-state index >= 15 is 0 Å². The zero-order valence-corrected chi connectivity index (χ0v) is 37.2. The van der Waals surface area contributed by atoms with Gasteiger partial charge in [-0.2, -0.15) is 12.6 Å². The van der Waals surface area contributed by atoms with Crippen LogP contribution >= 0.6 is 12.6 Å². The van der Waals surface area contributed by atoms with Crippen LogP contribution in [0.15, 0.2) is 0 Å². The first-order chi connectivity index (χ1) is 25.5. The largest absolute Gasteiger partial charge is 0.635 e. The number of rotatable bonds is 43. The van der Waals surface area contributed by atoms with Gasteiger partial charge in [0.05, 0.1) is 0 Å². The summed E-state index contributed by atoms with van der Waals surface area (Å²) in [4.78, 5) is 26.0. The van der Waals surface area contributed by atoms with Crippen molar-refractivity contribution in [3.8, 4) is 0 Å². The summed E-state index contributed by atoms with van der Waals surface area (Å²) in [6.45, 7) is 4.56. The molecule has 0 atom stereocenters. The summed E-state index contributed by atoms with van der Waals surface area (Å²) in [6.07, 6.45) is 46.1. The highest BCUT2D eigenvalue weighted by Gasteiger charge is 2.47. The average Bonchev–Trinajstić information content (AvgIpc) is 3.14. The fraction of sp³-hybridized carbons (Fsp3) is 0.956. The van der Waals surface area contributed by atoms with Gasteiger partial charge in [0.2, 0.25) is 0 Å². The molecule has 0 saturated heterocycles. The maximum Gasteiger partial charge on any atom is 0.635 e. The van der Waals surface area contributed by atoms with Crippen LogP contribution in [0.2, 0.25) is 6.04 Å². The molecule has 0 unspecified atom stereocenters. The molecule has 0 rings (SSSR count). The standard InChI is InChI=1S/C45H90O5SSi/c1-4-6-8-10-12-14-16-18-20-22-24-26-28-32-36-40-44(46)49-52(48-3,43-39-35-31-30-34-38-42-51)50-45(47)41-37-33-29-27-25-23-21-19-17-15-13-11-9-7-5-2/h51H,4-43H2,1-3H3. The van der Waals surface area contributed by atoms with E-state index in [0.717, 1.165) is 57.1 Å². The summed E-state index contributed by atoms with van der Waals surface area (Å²) in [5.74, 6) is 0.401. The normalized spacial score (nSPS) is 11.7. The lowest BCUT2D eigenvalue weighted by Gasteiger charge is -2.27. The fourth-order valence-corrected chi connectivity index (χ4v) is 9.62. The average molecular weight is 771 g/mol. The highest BCUT2D eigenvalue weighted by molar-refractivity contribution is 7.80. The maximum atomic E-state index is 13.0. The van der Waals surface area contributed by atoms with E-state index in [1.54, 1.807) is 7.11 Å². The number of hydrogen-bond donors (Lipinski definition) is 1. The van der Waals surface area contributed by atoms with Gasteiger partial charge in [-0.05, 0) is 31.4 Å². The third-order valence-corrected chi connectivity index (χ3v) is 13.7. The number of hydrogen-bond acceptors (Lipinski definition) is 6. The molecule has 0 aliphatic rings. The van der Waals surface area contributed by atoms with Crippen molar-refractivity contribution in [3.05, 3.63) is 0 Å². The van der Waals surface area contributed by atoms with E-state index in [1.165, 1.54) is 180 Å². The van der Waals surface area contributed by atoms with Gasteiger partial charge in [-0.1, -0.05) is 219 Å². The summed E-state index contributed by atoms with van der Waals surface area (Å²) in [6, 6.07) is 0.519. The van der Waals surface area contributed by atoms with Crippen LogP contribution in [-0.2, 0) is 22.9 Å². The summed E-state index contributed by atoms with van der Waals surface area (Å²) in [7, 11) is -1.84. The Morgan fingerprint density at radius 2 is 0.635 bits per heavy atom. The van der Waals surface area contributed by atoms with Gasteiger partial charge >= 0.3 is 8.80 Å². The second-order valence-electron chi connectivity index (χ2n) is 15.8. The molecule has 0 N–H and O–H groups in total. The van der Waals surface area contributed by atoms with E-state index in [-0.39, 0.29) is 11.9 Å². The molecule has 0 aliphatic heterocycles. The molecule has 7 heteroatoms. The first kappa shape index (κ1) is 51.5. The lowest BCUT2D eigenvalue weighted by Crippen LogP contribution is -2.48. The molecule has 0 radical (unpaired) electrons. The minimum atomic E-state index is -3.40. The first-order valence-electron chi connectivity index (χ1n) is 23.1. The smallest absolute Gasteiger partial charge is 0.464 e. The van der Waals surface area contributed by atoms with E-state index < -0.39 is 8.80 Å². The van der Waals surface area contributed by atoms with E-state index in [0.29, 0.717) is 18.9 Å². The quantitative estimate of drug-likeness (QED) is 0.0380. The lowest BCUT2D eigenvalue weighted by molar-refractivity contribution is -0.145. The molecular weight excluding hydrogens is 681 g/mol. The molecule has 0 fully saturated rings. The van der Waals surface area contributed by atoms with Crippen LogP contribution in [0.1, 0.15) is 258 Å². The van der Waals surface area contributed by atoms with Crippen molar-refractivity contribution in [3.63, 3.8) is 0 Å². The van der Waals surface area contributed by atoms with Crippen molar-refractivity contribution in [1.82, 2.24) is 0 Å². The molecule has 0 aromatic heterocycles. The highest BCUT2D eigenvalue weighted by Crippen LogP contribution is 2.23. The third kappa shape index (κ3) is 36.4. The van der Waals surface area contributed by atoms with E-state index in [1.807, 2.05) is 0 Å². The van der Waals surface area contributed by atoms with E-state index in [4.69, 9.17) is 13.3 Å². The zero-order chi connectivity index (χ0) is 38.1. The molecule has 0 aromatic rings. The van der Waals surface area contributed by atoms with Crippen molar-refractivity contribution < 1.29 is 22.9 Å².